The normalized spacial score (nSPS) is 10.8. The highest BCUT2D eigenvalue weighted by atomic mass is 32.1. The van der Waals surface area contributed by atoms with Gasteiger partial charge in [-0.05, 0) is 26.3 Å². The Bertz CT molecular complexity index is 916. The largest absolute Gasteiger partial charge is 0.308 e. The molecule has 3 rings (SSSR count). The standard InChI is InChI=1S/C17H17N3O2S2/c1-10-4-6-13(7-5-10)14-9-23-17(22)20(14)8-15(21)19-16-18-11(2)12(3)24-16/h4-7,9H,8H2,1-3H3,(H,18,19,21). The summed E-state index contributed by atoms with van der Waals surface area (Å²) in [6.07, 6.45) is 0. The van der Waals surface area contributed by atoms with Crippen LogP contribution < -0.4 is 10.2 Å². The van der Waals surface area contributed by atoms with Crippen LogP contribution >= 0.6 is 22.7 Å². The number of amides is 1. The summed E-state index contributed by atoms with van der Waals surface area (Å²) in [7, 11) is 0. The number of aromatic nitrogens is 2. The van der Waals surface area contributed by atoms with Crippen LogP contribution in [0.5, 0.6) is 0 Å². The van der Waals surface area contributed by atoms with Crippen molar-refractivity contribution in [2.45, 2.75) is 27.3 Å². The lowest BCUT2D eigenvalue weighted by molar-refractivity contribution is -0.116. The molecule has 0 bridgehead atoms. The fourth-order valence-corrected chi connectivity index (χ4v) is 3.86. The minimum atomic E-state index is -0.252. The van der Waals surface area contributed by atoms with Crippen molar-refractivity contribution in [1.82, 2.24) is 9.55 Å². The zero-order valence-corrected chi connectivity index (χ0v) is 15.3. The van der Waals surface area contributed by atoms with E-state index in [0.29, 0.717) is 5.13 Å². The second-order valence-corrected chi connectivity index (χ2v) is 7.57. The van der Waals surface area contributed by atoms with Crippen molar-refractivity contribution in [3.8, 4) is 11.3 Å². The minimum absolute atomic E-state index is 0.0246. The SMILES string of the molecule is Cc1ccc(-c2csc(=O)n2CC(=O)Nc2nc(C)c(C)s2)cc1. The number of nitrogens with one attached hydrogen (secondary N) is 1. The number of benzene rings is 1. The van der Waals surface area contributed by atoms with E-state index in [-0.39, 0.29) is 17.3 Å². The van der Waals surface area contributed by atoms with Gasteiger partial charge in [0.1, 0.15) is 6.54 Å². The molecular formula is C17H17N3O2S2. The molecule has 0 fully saturated rings. The van der Waals surface area contributed by atoms with Gasteiger partial charge in [-0.3, -0.25) is 14.2 Å². The van der Waals surface area contributed by atoms with E-state index >= 15 is 0 Å². The Morgan fingerprint density at radius 3 is 2.54 bits per heavy atom. The van der Waals surface area contributed by atoms with Crippen LogP contribution in [0.25, 0.3) is 11.3 Å². The monoisotopic (exact) mass is 359 g/mol. The van der Waals surface area contributed by atoms with Crippen molar-refractivity contribution in [3.05, 3.63) is 55.4 Å². The second-order valence-electron chi connectivity index (χ2n) is 5.55. The van der Waals surface area contributed by atoms with Crippen molar-refractivity contribution in [2.24, 2.45) is 0 Å². The number of thiazole rings is 2. The minimum Gasteiger partial charge on any atom is -0.300 e. The molecule has 3 aromatic rings. The second kappa shape index (κ2) is 6.70. The smallest absolute Gasteiger partial charge is 0.300 e. The summed E-state index contributed by atoms with van der Waals surface area (Å²) >= 11 is 2.53. The molecule has 5 nitrogen and oxygen atoms in total. The first-order chi connectivity index (χ1) is 11.4. The van der Waals surface area contributed by atoms with Gasteiger partial charge in [-0.15, -0.1) is 11.3 Å². The number of rotatable bonds is 4. The lowest BCUT2D eigenvalue weighted by Gasteiger charge is -2.08. The number of aryl methyl sites for hydroxylation is 3. The molecule has 0 aliphatic rings. The highest BCUT2D eigenvalue weighted by Gasteiger charge is 2.14. The average molecular weight is 359 g/mol. The summed E-state index contributed by atoms with van der Waals surface area (Å²) in [6, 6.07) is 7.89. The molecule has 0 aliphatic carbocycles. The van der Waals surface area contributed by atoms with Crippen molar-refractivity contribution >= 4 is 33.7 Å². The molecule has 0 unspecified atom stereocenters. The number of hydrogen-bond acceptors (Lipinski definition) is 5. The molecule has 7 heteroatoms. The van der Waals surface area contributed by atoms with E-state index in [2.05, 4.69) is 10.3 Å². The number of carbonyl (C=O) groups excluding carboxylic acids is 1. The number of anilines is 1. The number of carbonyl (C=O) groups is 1. The molecular weight excluding hydrogens is 342 g/mol. The molecule has 0 atom stereocenters. The van der Waals surface area contributed by atoms with Crippen LogP contribution in [-0.2, 0) is 11.3 Å². The highest BCUT2D eigenvalue weighted by Crippen LogP contribution is 2.22. The zero-order valence-electron chi connectivity index (χ0n) is 13.6. The lowest BCUT2D eigenvalue weighted by Crippen LogP contribution is -2.25. The summed E-state index contributed by atoms with van der Waals surface area (Å²) in [5.74, 6) is -0.252. The van der Waals surface area contributed by atoms with Gasteiger partial charge in [0.15, 0.2) is 5.13 Å². The van der Waals surface area contributed by atoms with Crippen molar-refractivity contribution in [2.75, 3.05) is 5.32 Å². The molecule has 124 valence electrons. The van der Waals surface area contributed by atoms with Crippen LogP contribution in [0.15, 0.2) is 34.4 Å². The summed E-state index contributed by atoms with van der Waals surface area (Å²) in [5.41, 5.74) is 3.73. The van der Waals surface area contributed by atoms with Crippen LogP contribution in [0.3, 0.4) is 0 Å². The first kappa shape index (κ1) is 16.6. The first-order valence-electron chi connectivity index (χ1n) is 7.43. The third-order valence-electron chi connectivity index (χ3n) is 3.71. The molecule has 0 saturated carbocycles. The summed E-state index contributed by atoms with van der Waals surface area (Å²) in [6.45, 7) is 5.85. The molecule has 1 amide bonds. The Kier molecular flexibility index (Phi) is 4.64. The predicted octanol–water partition coefficient (Wildman–Crippen LogP) is 3.60. The Balaban J connectivity index is 1.82. The number of nitrogens with zero attached hydrogens (tertiary/aromatic N) is 2. The molecule has 2 heterocycles. The fourth-order valence-electron chi connectivity index (χ4n) is 2.26. The van der Waals surface area contributed by atoms with Crippen LogP contribution in [0.1, 0.15) is 16.1 Å². The van der Waals surface area contributed by atoms with Crippen molar-refractivity contribution < 1.29 is 4.79 Å². The van der Waals surface area contributed by atoms with Crippen molar-refractivity contribution in [3.63, 3.8) is 0 Å². The molecule has 24 heavy (non-hydrogen) atoms. The lowest BCUT2D eigenvalue weighted by atomic mass is 10.1. The Morgan fingerprint density at radius 2 is 1.92 bits per heavy atom. The van der Waals surface area contributed by atoms with Crippen LogP contribution in [0.4, 0.5) is 5.13 Å². The van der Waals surface area contributed by atoms with Gasteiger partial charge in [0.2, 0.25) is 5.91 Å². The van der Waals surface area contributed by atoms with E-state index in [1.165, 1.54) is 15.9 Å². The number of hydrogen-bond donors (Lipinski definition) is 1. The average Bonchev–Trinajstić information content (AvgIpc) is 3.04. The predicted molar refractivity (Wildman–Crippen MR) is 99.0 cm³/mol. The maximum absolute atomic E-state index is 12.3. The zero-order chi connectivity index (χ0) is 17.3. The van der Waals surface area contributed by atoms with E-state index in [1.807, 2.05) is 45.0 Å². The molecule has 0 spiro atoms. The van der Waals surface area contributed by atoms with Gasteiger partial charge in [0.05, 0.1) is 11.4 Å². The highest BCUT2D eigenvalue weighted by molar-refractivity contribution is 7.15. The van der Waals surface area contributed by atoms with Crippen LogP contribution in [0.2, 0.25) is 0 Å². The topological polar surface area (TPSA) is 64.0 Å². The Hall–Kier alpha value is -2.25. The molecule has 0 aliphatic heterocycles. The van der Waals surface area contributed by atoms with E-state index in [1.54, 1.807) is 5.38 Å². The van der Waals surface area contributed by atoms with Gasteiger partial charge in [-0.1, -0.05) is 41.2 Å². The van der Waals surface area contributed by atoms with Crippen LogP contribution in [-0.4, -0.2) is 15.5 Å². The summed E-state index contributed by atoms with van der Waals surface area (Å²) in [4.78, 5) is 29.6. The molecule has 1 N–H and O–H groups in total. The van der Waals surface area contributed by atoms with Gasteiger partial charge in [0.25, 0.3) is 0 Å². The van der Waals surface area contributed by atoms with Gasteiger partial charge in [-0.2, -0.15) is 0 Å². The molecule has 2 aromatic heterocycles. The van der Waals surface area contributed by atoms with Gasteiger partial charge >= 0.3 is 4.87 Å². The maximum atomic E-state index is 12.3. The van der Waals surface area contributed by atoms with Gasteiger partial charge in [-0.25, -0.2) is 4.98 Å². The van der Waals surface area contributed by atoms with Crippen LogP contribution in [0, 0.1) is 20.8 Å². The van der Waals surface area contributed by atoms with E-state index < -0.39 is 0 Å². The summed E-state index contributed by atoms with van der Waals surface area (Å²) in [5, 5.41) is 5.12. The van der Waals surface area contributed by atoms with Crippen molar-refractivity contribution in [1.29, 1.82) is 0 Å². The quantitative estimate of drug-likeness (QED) is 0.774. The fraction of sp³-hybridized carbons (Fsp3) is 0.235. The van der Waals surface area contributed by atoms with E-state index in [4.69, 9.17) is 0 Å². The maximum Gasteiger partial charge on any atom is 0.308 e. The molecule has 0 radical (unpaired) electrons. The van der Waals surface area contributed by atoms with E-state index in [9.17, 15) is 9.59 Å². The Morgan fingerprint density at radius 1 is 1.21 bits per heavy atom. The third-order valence-corrected chi connectivity index (χ3v) is 5.46. The van der Waals surface area contributed by atoms with E-state index in [0.717, 1.165) is 38.7 Å². The molecule has 0 saturated heterocycles. The van der Waals surface area contributed by atoms with Gasteiger partial charge < -0.3 is 5.32 Å². The van der Waals surface area contributed by atoms with Gasteiger partial charge in [0, 0.05) is 10.3 Å². The Labute approximate surface area is 147 Å². The first-order valence-corrected chi connectivity index (χ1v) is 9.13. The third kappa shape index (κ3) is 3.47. The molecule has 1 aromatic carbocycles. The summed E-state index contributed by atoms with van der Waals surface area (Å²) < 4.78 is 1.50.